The molecule has 0 aliphatic heterocycles. The topological polar surface area (TPSA) is 57.0 Å². The molecule has 2 aromatic rings. The number of aldehydes is 1. The van der Waals surface area contributed by atoms with E-state index in [1.807, 2.05) is 10.7 Å². The molecular weight excluding hydrogens is 230 g/mol. The summed E-state index contributed by atoms with van der Waals surface area (Å²) in [7, 11) is 0. The van der Waals surface area contributed by atoms with Gasteiger partial charge in [-0.3, -0.25) is 4.79 Å². The summed E-state index contributed by atoms with van der Waals surface area (Å²) in [4.78, 5) is 15.0. The Labute approximate surface area is 105 Å². The SMILES string of the molecule is CCCn1ncnc1COc1ccccc1C=O. The first-order chi connectivity index (χ1) is 8.85. The Balaban J connectivity index is 2.06. The maximum Gasteiger partial charge on any atom is 0.164 e. The van der Waals surface area contributed by atoms with Crippen LogP contribution in [0, 0.1) is 0 Å². The molecule has 0 saturated heterocycles. The summed E-state index contributed by atoms with van der Waals surface area (Å²) < 4.78 is 7.41. The fourth-order valence-electron chi connectivity index (χ4n) is 1.65. The normalized spacial score (nSPS) is 10.3. The molecule has 0 amide bonds. The molecule has 5 nitrogen and oxygen atoms in total. The summed E-state index contributed by atoms with van der Waals surface area (Å²) >= 11 is 0. The minimum atomic E-state index is 0.310. The lowest BCUT2D eigenvalue weighted by Gasteiger charge is -2.08. The molecule has 1 aromatic heterocycles. The van der Waals surface area contributed by atoms with E-state index in [0.717, 1.165) is 25.1 Å². The lowest BCUT2D eigenvalue weighted by Crippen LogP contribution is -2.09. The lowest BCUT2D eigenvalue weighted by molar-refractivity contribution is 0.111. The Kier molecular flexibility index (Phi) is 4.06. The zero-order chi connectivity index (χ0) is 12.8. The molecule has 18 heavy (non-hydrogen) atoms. The van der Waals surface area contributed by atoms with E-state index < -0.39 is 0 Å². The van der Waals surface area contributed by atoms with Gasteiger partial charge < -0.3 is 4.74 Å². The van der Waals surface area contributed by atoms with E-state index in [4.69, 9.17) is 4.74 Å². The van der Waals surface area contributed by atoms with Crippen LogP contribution in [0.4, 0.5) is 0 Å². The molecular formula is C13H15N3O2. The third kappa shape index (κ3) is 2.74. The number of para-hydroxylation sites is 1. The van der Waals surface area contributed by atoms with Gasteiger partial charge in [-0.2, -0.15) is 5.10 Å². The molecule has 94 valence electrons. The van der Waals surface area contributed by atoms with Crippen LogP contribution in [-0.4, -0.2) is 21.1 Å². The van der Waals surface area contributed by atoms with Crippen molar-refractivity contribution in [3.05, 3.63) is 42.0 Å². The molecule has 1 heterocycles. The van der Waals surface area contributed by atoms with Gasteiger partial charge in [0.15, 0.2) is 12.1 Å². The maximum absolute atomic E-state index is 10.8. The molecule has 5 heteroatoms. The summed E-state index contributed by atoms with van der Waals surface area (Å²) in [5.74, 6) is 1.33. The highest BCUT2D eigenvalue weighted by Gasteiger charge is 2.06. The Morgan fingerprint density at radius 3 is 3.00 bits per heavy atom. The third-order valence-electron chi connectivity index (χ3n) is 2.53. The van der Waals surface area contributed by atoms with Gasteiger partial charge in [0, 0.05) is 6.54 Å². The fraction of sp³-hybridized carbons (Fsp3) is 0.308. The first-order valence-electron chi connectivity index (χ1n) is 5.89. The molecule has 2 rings (SSSR count). The highest BCUT2D eigenvalue weighted by Crippen LogP contribution is 2.16. The number of carbonyl (C=O) groups excluding carboxylic acids is 1. The number of aryl methyl sites for hydroxylation is 1. The van der Waals surface area contributed by atoms with Crippen LogP contribution < -0.4 is 4.74 Å². The van der Waals surface area contributed by atoms with Crippen LogP contribution in [0.15, 0.2) is 30.6 Å². The Morgan fingerprint density at radius 1 is 1.39 bits per heavy atom. The van der Waals surface area contributed by atoms with Crippen molar-refractivity contribution in [1.29, 1.82) is 0 Å². The van der Waals surface area contributed by atoms with Gasteiger partial charge in [-0.05, 0) is 18.6 Å². The van der Waals surface area contributed by atoms with Crippen LogP contribution >= 0.6 is 0 Å². The van der Waals surface area contributed by atoms with Crippen molar-refractivity contribution in [3.8, 4) is 5.75 Å². The van der Waals surface area contributed by atoms with E-state index in [0.29, 0.717) is 17.9 Å². The second kappa shape index (κ2) is 5.95. The van der Waals surface area contributed by atoms with Crippen molar-refractivity contribution in [1.82, 2.24) is 14.8 Å². The van der Waals surface area contributed by atoms with Gasteiger partial charge in [-0.25, -0.2) is 9.67 Å². The Morgan fingerprint density at radius 2 is 2.22 bits per heavy atom. The summed E-state index contributed by atoms with van der Waals surface area (Å²) in [6, 6.07) is 7.12. The van der Waals surface area contributed by atoms with Crippen LogP contribution in [0.3, 0.4) is 0 Å². The zero-order valence-corrected chi connectivity index (χ0v) is 10.2. The van der Waals surface area contributed by atoms with Gasteiger partial charge in [0.1, 0.15) is 18.7 Å². The summed E-state index contributed by atoms with van der Waals surface area (Å²) in [6.07, 6.45) is 3.29. The molecule has 0 aliphatic rings. The predicted octanol–water partition coefficient (Wildman–Crippen LogP) is 2.08. The predicted molar refractivity (Wildman–Crippen MR) is 66.5 cm³/mol. The molecule has 0 unspecified atom stereocenters. The number of carbonyl (C=O) groups is 1. The minimum absolute atomic E-state index is 0.310. The van der Waals surface area contributed by atoms with Crippen LogP contribution in [0.1, 0.15) is 29.5 Å². The molecule has 0 saturated carbocycles. The van der Waals surface area contributed by atoms with Gasteiger partial charge in [0.2, 0.25) is 0 Å². The van der Waals surface area contributed by atoms with Crippen molar-refractivity contribution in [2.75, 3.05) is 0 Å². The first kappa shape index (κ1) is 12.3. The van der Waals surface area contributed by atoms with Crippen molar-refractivity contribution in [2.24, 2.45) is 0 Å². The van der Waals surface area contributed by atoms with Crippen molar-refractivity contribution in [3.63, 3.8) is 0 Å². The fourth-order valence-corrected chi connectivity index (χ4v) is 1.65. The maximum atomic E-state index is 10.8. The highest BCUT2D eigenvalue weighted by atomic mass is 16.5. The molecule has 0 N–H and O–H groups in total. The van der Waals surface area contributed by atoms with Gasteiger partial charge in [-0.1, -0.05) is 19.1 Å². The number of hydrogen-bond acceptors (Lipinski definition) is 4. The number of nitrogens with zero attached hydrogens (tertiary/aromatic N) is 3. The third-order valence-corrected chi connectivity index (χ3v) is 2.53. The van der Waals surface area contributed by atoms with Crippen molar-refractivity contribution in [2.45, 2.75) is 26.5 Å². The molecule has 0 spiro atoms. The van der Waals surface area contributed by atoms with E-state index in [-0.39, 0.29) is 0 Å². The van der Waals surface area contributed by atoms with Crippen molar-refractivity contribution >= 4 is 6.29 Å². The number of ether oxygens (including phenoxy) is 1. The highest BCUT2D eigenvalue weighted by molar-refractivity contribution is 5.79. The Bertz CT molecular complexity index is 522. The monoisotopic (exact) mass is 245 g/mol. The number of aromatic nitrogens is 3. The van der Waals surface area contributed by atoms with Gasteiger partial charge in [-0.15, -0.1) is 0 Å². The molecule has 0 bridgehead atoms. The van der Waals surface area contributed by atoms with E-state index in [1.165, 1.54) is 6.33 Å². The summed E-state index contributed by atoms with van der Waals surface area (Å²) in [5.41, 5.74) is 0.541. The van der Waals surface area contributed by atoms with E-state index in [1.54, 1.807) is 18.2 Å². The first-order valence-corrected chi connectivity index (χ1v) is 5.89. The zero-order valence-electron chi connectivity index (χ0n) is 10.2. The number of hydrogen-bond donors (Lipinski definition) is 0. The molecule has 0 radical (unpaired) electrons. The smallest absolute Gasteiger partial charge is 0.164 e. The minimum Gasteiger partial charge on any atom is -0.485 e. The average molecular weight is 245 g/mol. The van der Waals surface area contributed by atoms with Gasteiger partial charge >= 0.3 is 0 Å². The second-order valence-electron chi connectivity index (χ2n) is 3.84. The molecule has 0 fully saturated rings. The number of benzene rings is 1. The number of rotatable bonds is 6. The van der Waals surface area contributed by atoms with Crippen LogP contribution in [0.5, 0.6) is 5.75 Å². The van der Waals surface area contributed by atoms with Crippen LogP contribution in [0.25, 0.3) is 0 Å². The van der Waals surface area contributed by atoms with Crippen LogP contribution in [-0.2, 0) is 13.2 Å². The molecule has 1 aromatic carbocycles. The largest absolute Gasteiger partial charge is 0.485 e. The Hall–Kier alpha value is -2.17. The van der Waals surface area contributed by atoms with E-state index in [9.17, 15) is 4.79 Å². The average Bonchev–Trinajstić information content (AvgIpc) is 2.84. The van der Waals surface area contributed by atoms with E-state index in [2.05, 4.69) is 17.0 Å². The quantitative estimate of drug-likeness (QED) is 0.731. The van der Waals surface area contributed by atoms with Gasteiger partial charge in [0.25, 0.3) is 0 Å². The summed E-state index contributed by atoms with van der Waals surface area (Å²) in [6.45, 7) is 3.20. The lowest BCUT2D eigenvalue weighted by atomic mass is 10.2. The second-order valence-corrected chi connectivity index (χ2v) is 3.84. The van der Waals surface area contributed by atoms with Crippen molar-refractivity contribution < 1.29 is 9.53 Å². The summed E-state index contributed by atoms with van der Waals surface area (Å²) in [5, 5.41) is 4.12. The molecule has 0 atom stereocenters. The van der Waals surface area contributed by atoms with Crippen LogP contribution in [0.2, 0.25) is 0 Å². The van der Waals surface area contributed by atoms with Gasteiger partial charge in [0.05, 0.1) is 5.56 Å². The molecule has 0 aliphatic carbocycles. The standard InChI is InChI=1S/C13H15N3O2/c1-2-7-16-13(14-10-15-16)9-18-12-6-4-3-5-11(12)8-17/h3-6,8,10H,2,7,9H2,1H3. The van der Waals surface area contributed by atoms with E-state index >= 15 is 0 Å².